The lowest BCUT2D eigenvalue weighted by molar-refractivity contribution is -0.436. The van der Waals surface area contributed by atoms with Gasteiger partial charge in [0, 0.05) is 18.6 Å². The number of methoxy groups -OCH3 is 1. The molecule has 0 unspecified atom stereocenters. The summed E-state index contributed by atoms with van der Waals surface area (Å²) in [5, 5.41) is 0. The van der Waals surface area contributed by atoms with Gasteiger partial charge in [0.15, 0.2) is 12.8 Å². The van der Waals surface area contributed by atoms with Crippen molar-refractivity contribution in [1.82, 2.24) is 0 Å². The Morgan fingerprint density at radius 2 is 1.80 bits per heavy atom. The van der Waals surface area contributed by atoms with Crippen LogP contribution in [0, 0.1) is 6.92 Å². The highest BCUT2D eigenvalue weighted by Crippen LogP contribution is 2.25. The van der Waals surface area contributed by atoms with Crippen LogP contribution in [0.25, 0.3) is 0 Å². The molecule has 0 N–H and O–H groups in total. The van der Waals surface area contributed by atoms with Gasteiger partial charge in [0.1, 0.15) is 5.75 Å². The number of hydrogen-bond acceptors (Lipinski definition) is 1. The molecule has 0 aromatic heterocycles. The number of hydrogen-bond donors (Lipinski definition) is 0. The van der Waals surface area contributed by atoms with Crippen molar-refractivity contribution < 1.29 is 26.3 Å². The Morgan fingerprint density at radius 3 is 2.50 bits per heavy atom. The molecule has 1 heterocycles. The van der Waals surface area contributed by atoms with E-state index in [0.29, 0.717) is 0 Å². The third kappa shape index (κ3) is 2.78. The highest BCUT2D eigenvalue weighted by atomic mass is 79.9. The van der Waals surface area contributed by atoms with E-state index >= 15 is 0 Å². The molecule has 1 aliphatic rings. The van der Waals surface area contributed by atoms with Crippen molar-refractivity contribution in [3.05, 3.63) is 59.2 Å². The molecule has 2 aromatic rings. The van der Waals surface area contributed by atoms with Gasteiger partial charge in [-0.25, -0.2) is 0 Å². The fourth-order valence-electron chi connectivity index (χ4n) is 2.53. The number of benzene rings is 2. The Labute approximate surface area is 130 Å². The number of fused-ring (bicyclic) bond motifs is 1. The molecule has 0 bridgehead atoms. The number of aryl methyl sites for hydroxylation is 1. The van der Waals surface area contributed by atoms with Gasteiger partial charge < -0.3 is 21.7 Å². The van der Waals surface area contributed by atoms with E-state index in [-0.39, 0.29) is 17.0 Å². The van der Waals surface area contributed by atoms with Crippen LogP contribution in [0.5, 0.6) is 5.75 Å². The van der Waals surface area contributed by atoms with E-state index < -0.39 is 0 Å². The highest BCUT2D eigenvalue weighted by Gasteiger charge is 2.20. The van der Waals surface area contributed by atoms with Crippen molar-refractivity contribution in [3.63, 3.8) is 0 Å². The molecule has 0 aliphatic carbocycles. The third-order valence-electron chi connectivity index (χ3n) is 3.65. The van der Waals surface area contributed by atoms with Crippen molar-refractivity contribution in [3.8, 4) is 5.75 Å². The monoisotopic (exact) mass is 331 g/mol. The van der Waals surface area contributed by atoms with Crippen molar-refractivity contribution in [1.29, 1.82) is 0 Å². The minimum absolute atomic E-state index is 0. The van der Waals surface area contributed by atoms with Crippen LogP contribution in [0.3, 0.4) is 0 Å². The largest absolute Gasteiger partial charge is 1.00 e. The summed E-state index contributed by atoms with van der Waals surface area (Å²) in [6, 6.07) is 14.9. The summed E-state index contributed by atoms with van der Waals surface area (Å²) in [5.41, 5.74) is 5.10. The van der Waals surface area contributed by atoms with Crippen LogP contribution in [0.4, 0.5) is 5.69 Å². The fourth-order valence-corrected chi connectivity index (χ4v) is 2.53. The van der Waals surface area contributed by atoms with E-state index in [9.17, 15) is 0 Å². The molecule has 104 valence electrons. The summed E-state index contributed by atoms with van der Waals surface area (Å²) < 4.78 is 7.75. The molecule has 0 saturated heterocycles. The molecular formula is C17H18BrNO. The predicted octanol–water partition coefficient (Wildman–Crippen LogP) is 0.327. The third-order valence-corrected chi connectivity index (χ3v) is 3.65. The highest BCUT2D eigenvalue weighted by molar-refractivity contribution is 5.83. The topological polar surface area (TPSA) is 12.2 Å². The van der Waals surface area contributed by atoms with Gasteiger partial charge in [-0.1, -0.05) is 29.8 Å². The number of halogens is 1. The van der Waals surface area contributed by atoms with Gasteiger partial charge in [-0.15, -0.1) is 0 Å². The van der Waals surface area contributed by atoms with Crippen LogP contribution in [-0.4, -0.2) is 24.4 Å². The zero-order valence-corrected chi connectivity index (χ0v) is 13.4. The van der Waals surface area contributed by atoms with Crippen LogP contribution >= 0.6 is 0 Å². The minimum atomic E-state index is 0. The summed E-state index contributed by atoms with van der Waals surface area (Å²) >= 11 is 0. The first-order valence-electron chi connectivity index (χ1n) is 6.62. The smallest absolute Gasteiger partial charge is 0.205 e. The minimum Gasteiger partial charge on any atom is -1.00 e. The molecule has 3 heteroatoms. The predicted molar refractivity (Wildman–Crippen MR) is 77.8 cm³/mol. The molecule has 0 radical (unpaired) electrons. The molecule has 0 atom stereocenters. The van der Waals surface area contributed by atoms with Crippen molar-refractivity contribution in [2.75, 3.05) is 13.7 Å². The molecule has 0 spiro atoms. The van der Waals surface area contributed by atoms with E-state index in [0.717, 1.165) is 18.7 Å². The Hall–Kier alpha value is -1.61. The Kier molecular flexibility index (Phi) is 4.61. The zero-order valence-electron chi connectivity index (χ0n) is 11.8. The quantitative estimate of drug-likeness (QED) is 0.722. The molecule has 2 nitrogen and oxygen atoms in total. The Morgan fingerprint density at radius 1 is 1.05 bits per heavy atom. The lowest BCUT2D eigenvalue weighted by Gasteiger charge is -2.14. The van der Waals surface area contributed by atoms with Gasteiger partial charge in [-0.2, -0.15) is 4.58 Å². The van der Waals surface area contributed by atoms with E-state index in [1.807, 2.05) is 6.07 Å². The van der Waals surface area contributed by atoms with Crippen LogP contribution < -0.4 is 21.7 Å². The number of nitrogens with zero attached hydrogens (tertiary/aromatic N) is 1. The maximum atomic E-state index is 5.46. The van der Waals surface area contributed by atoms with Gasteiger partial charge in [0.25, 0.3) is 0 Å². The first-order valence-corrected chi connectivity index (χ1v) is 6.62. The van der Waals surface area contributed by atoms with Gasteiger partial charge in [0.05, 0.1) is 12.7 Å². The molecule has 2 aromatic carbocycles. The summed E-state index contributed by atoms with van der Waals surface area (Å²) in [7, 11) is 1.73. The fraction of sp³-hybridized carbons (Fsp3) is 0.235. The molecule has 20 heavy (non-hydrogen) atoms. The molecular weight excluding hydrogens is 314 g/mol. The van der Waals surface area contributed by atoms with E-state index in [1.165, 1.54) is 22.4 Å². The average Bonchev–Trinajstić information content (AvgIpc) is 2.47. The first kappa shape index (κ1) is 14.8. The van der Waals surface area contributed by atoms with Gasteiger partial charge in [-0.3, -0.25) is 0 Å². The van der Waals surface area contributed by atoms with E-state index in [1.54, 1.807) is 7.11 Å². The molecule has 0 saturated carbocycles. The summed E-state index contributed by atoms with van der Waals surface area (Å²) in [4.78, 5) is 0. The second-order valence-electron chi connectivity index (χ2n) is 4.94. The summed E-state index contributed by atoms with van der Waals surface area (Å²) in [5.74, 6) is 0.953. The van der Waals surface area contributed by atoms with Gasteiger partial charge in [0.2, 0.25) is 5.69 Å². The zero-order chi connectivity index (χ0) is 13.2. The molecule has 0 amide bonds. The maximum Gasteiger partial charge on any atom is 0.205 e. The van der Waals surface area contributed by atoms with Gasteiger partial charge in [-0.05, 0) is 18.6 Å². The standard InChI is InChI=1S/C17H18NO.BrH/c1-13-6-8-15(9-7-13)18-11-10-14-4-3-5-17(19-2)16(14)12-18;/h3-9,12H,10-11H2,1-2H3;1H/q+1;/p-1. The lowest BCUT2D eigenvalue weighted by atomic mass is 10.0. The van der Waals surface area contributed by atoms with Crippen LogP contribution in [-0.2, 0) is 6.42 Å². The summed E-state index contributed by atoms with van der Waals surface area (Å²) in [6.45, 7) is 3.13. The van der Waals surface area contributed by atoms with Crippen LogP contribution in [0.1, 0.15) is 16.7 Å². The second kappa shape index (κ2) is 6.23. The van der Waals surface area contributed by atoms with E-state index in [4.69, 9.17) is 4.74 Å². The maximum absolute atomic E-state index is 5.46. The normalized spacial score (nSPS) is 13.0. The van der Waals surface area contributed by atoms with Crippen molar-refractivity contribution >= 4 is 11.9 Å². The molecule has 3 rings (SSSR count). The van der Waals surface area contributed by atoms with Crippen molar-refractivity contribution in [2.45, 2.75) is 13.3 Å². The average molecular weight is 332 g/mol. The van der Waals surface area contributed by atoms with Crippen molar-refractivity contribution in [2.24, 2.45) is 0 Å². The molecule has 0 fully saturated rings. The lowest BCUT2D eigenvalue weighted by Crippen LogP contribution is -3.00. The second-order valence-corrected chi connectivity index (χ2v) is 4.94. The number of rotatable bonds is 2. The van der Waals surface area contributed by atoms with Gasteiger partial charge >= 0.3 is 0 Å². The Bertz CT molecular complexity index is 632. The van der Waals surface area contributed by atoms with E-state index in [2.05, 4.69) is 54.1 Å². The summed E-state index contributed by atoms with van der Waals surface area (Å²) in [6.07, 6.45) is 3.25. The number of ether oxygens (including phenoxy) is 1. The first-order chi connectivity index (χ1) is 9.28. The SMILES string of the molecule is COc1cccc2c1C=[N+](c1ccc(C)cc1)CC2.[Br-]. The molecule has 1 aliphatic heterocycles. The Balaban J connectivity index is 0.00000147. The van der Waals surface area contributed by atoms with Crippen LogP contribution in [0.15, 0.2) is 42.5 Å². The van der Waals surface area contributed by atoms with Crippen LogP contribution in [0.2, 0.25) is 0 Å².